The summed E-state index contributed by atoms with van der Waals surface area (Å²) in [4.78, 5) is 2.43. The van der Waals surface area contributed by atoms with Gasteiger partial charge in [0.05, 0.1) is 6.10 Å². The molecular weight excluding hydrogens is 274 g/mol. The Balaban J connectivity index is 1.49. The second-order valence-corrected chi connectivity index (χ2v) is 5.88. The topological polar surface area (TPSA) is 32.7 Å². The van der Waals surface area contributed by atoms with E-state index in [9.17, 15) is 5.11 Å². The fraction of sp³-hybridized carbons (Fsp3) is 0.368. The molecule has 0 atom stereocenters. The maximum Gasteiger partial charge on any atom is 0.127 e. The summed E-state index contributed by atoms with van der Waals surface area (Å²) in [5.41, 5.74) is 1.33. The zero-order chi connectivity index (χ0) is 15.2. The molecule has 1 saturated heterocycles. The normalized spacial score (nSPS) is 16.6. The van der Waals surface area contributed by atoms with Gasteiger partial charge in [-0.15, -0.1) is 0 Å². The Bertz CT molecular complexity index is 560. The molecule has 0 radical (unpaired) electrons. The zero-order valence-corrected chi connectivity index (χ0v) is 12.8. The van der Waals surface area contributed by atoms with E-state index in [4.69, 9.17) is 4.74 Å². The summed E-state index contributed by atoms with van der Waals surface area (Å²) in [5, 5.41) is 9.52. The molecule has 1 aliphatic rings. The van der Waals surface area contributed by atoms with Gasteiger partial charge in [0.1, 0.15) is 11.5 Å². The Labute approximate surface area is 132 Å². The summed E-state index contributed by atoms with van der Waals surface area (Å²) in [7, 11) is 0. The number of hydrogen-bond acceptors (Lipinski definition) is 3. The third-order valence-electron chi connectivity index (χ3n) is 4.18. The molecule has 1 N–H and O–H groups in total. The van der Waals surface area contributed by atoms with Gasteiger partial charge in [0, 0.05) is 19.6 Å². The summed E-state index contributed by atoms with van der Waals surface area (Å²) in [6.07, 6.45) is 2.76. The van der Waals surface area contributed by atoms with Crippen LogP contribution in [0.3, 0.4) is 0 Å². The minimum absolute atomic E-state index is 0.0920. The predicted octanol–water partition coefficient (Wildman–Crippen LogP) is 3.48. The molecule has 0 saturated carbocycles. The monoisotopic (exact) mass is 297 g/mol. The van der Waals surface area contributed by atoms with Crippen LogP contribution in [0.2, 0.25) is 0 Å². The highest BCUT2D eigenvalue weighted by Gasteiger charge is 2.16. The highest BCUT2D eigenvalue weighted by Crippen LogP contribution is 2.21. The van der Waals surface area contributed by atoms with Crippen molar-refractivity contribution >= 4 is 0 Å². The number of rotatable bonds is 5. The van der Waals surface area contributed by atoms with Crippen molar-refractivity contribution in [3.8, 4) is 11.5 Å². The first-order valence-electron chi connectivity index (χ1n) is 8.02. The van der Waals surface area contributed by atoms with Crippen molar-refractivity contribution in [1.29, 1.82) is 0 Å². The maximum atomic E-state index is 9.52. The van der Waals surface area contributed by atoms with E-state index in [1.54, 1.807) is 0 Å². The van der Waals surface area contributed by atoms with Gasteiger partial charge in [0.2, 0.25) is 0 Å². The zero-order valence-electron chi connectivity index (χ0n) is 12.8. The Morgan fingerprint density at radius 3 is 2.23 bits per heavy atom. The number of piperidine rings is 1. The maximum absolute atomic E-state index is 9.52. The van der Waals surface area contributed by atoms with Gasteiger partial charge in [-0.25, -0.2) is 0 Å². The minimum atomic E-state index is -0.0920. The quantitative estimate of drug-likeness (QED) is 0.917. The van der Waals surface area contributed by atoms with Crippen LogP contribution in [0, 0.1) is 0 Å². The first-order chi connectivity index (χ1) is 10.8. The number of aliphatic hydroxyl groups excluding tert-OH is 1. The van der Waals surface area contributed by atoms with Crippen molar-refractivity contribution in [2.75, 3.05) is 19.6 Å². The summed E-state index contributed by atoms with van der Waals surface area (Å²) in [5.74, 6) is 1.73. The Morgan fingerprint density at radius 1 is 0.909 bits per heavy atom. The predicted molar refractivity (Wildman–Crippen MR) is 88.3 cm³/mol. The number of benzene rings is 2. The fourth-order valence-electron chi connectivity index (χ4n) is 2.78. The molecule has 0 aliphatic carbocycles. The van der Waals surface area contributed by atoms with Crippen LogP contribution >= 0.6 is 0 Å². The van der Waals surface area contributed by atoms with E-state index in [0.717, 1.165) is 50.4 Å². The number of nitrogens with zero attached hydrogens (tertiary/aromatic N) is 1. The van der Waals surface area contributed by atoms with E-state index in [0.29, 0.717) is 0 Å². The lowest BCUT2D eigenvalue weighted by molar-refractivity contribution is 0.0832. The summed E-state index contributed by atoms with van der Waals surface area (Å²) in [6.45, 7) is 3.08. The molecule has 3 nitrogen and oxygen atoms in total. The van der Waals surface area contributed by atoms with Gasteiger partial charge in [-0.05, 0) is 49.1 Å². The lowest BCUT2D eigenvalue weighted by Crippen LogP contribution is -2.37. The molecule has 2 aromatic carbocycles. The number of ether oxygens (including phenoxy) is 1. The molecule has 2 aromatic rings. The van der Waals surface area contributed by atoms with E-state index in [1.807, 2.05) is 42.5 Å². The number of para-hydroxylation sites is 1. The van der Waals surface area contributed by atoms with Crippen LogP contribution in [0.4, 0.5) is 0 Å². The average molecular weight is 297 g/mol. The first kappa shape index (κ1) is 15.1. The molecule has 1 heterocycles. The molecular formula is C19H23NO2. The standard InChI is InChI=1S/C19H23NO2/c21-17-11-14-20(15-12-17)13-10-16-6-8-19(9-7-16)22-18-4-2-1-3-5-18/h1-9,17,21H,10-15H2. The van der Waals surface area contributed by atoms with Gasteiger partial charge in [-0.1, -0.05) is 30.3 Å². The largest absolute Gasteiger partial charge is 0.457 e. The van der Waals surface area contributed by atoms with Crippen LogP contribution in [-0.4, -0.2) is 35.7 Å². The number of likely N-dealkylation sites (tertiary alicyclic amines) is 1. The number of aliphatic hydroxyl groups is 1. The summed E-state index contributed by atoms with van der Waals surface area (Å²) < 4.78 is 5.80. The molecule has 0 unspecified atom stereocenters. The van der Waals surface area contributed by atoms with Crippen LogP contribution < -0.4 is 4.74 Å². The molecule has 0 amide bonds. The molecule has 0 aromatic heterocycles. The lowest BCUT2D eigenvalue weighted by atomic mass is 10.1. The van der Waals surface area contributed by atoms with Gasteiger partial charge in [0.25, 0.3) is 0 Å². The smallest absolute Gasteiger partial charge is 0.127 e. The highest BCUT2D eigenvalue weighted by molar-refractivity contribution is 5.33. The second-order valence-electron chi connectivity index (χ2n) is 5.88. The first-order valence-corrected chi connectivity index (χ1v) is 8.02. The molecule has 0 spiro atoms. The van der Waals surface area contributed by atoms with Gasteiger partial charge in [-0.3, -0.25) is 0 Å². The van der Waals surface area contributed by atoms with E-state index >= 15 is 0 Å². The molecule has 3 rings (SSSR count). The van der Waals surface area contributed by atoms with E-state index < -0.39 is 0 Å². The summed E-state index contributed by atoms with van der Waals surface area (Å²) >= 11 is 0. The molecule has 1 aliphatic heterocycles. The SMILES string of the molecule is OC1CCN(CCc2ccc(Oc3ccccc3)cc2)CC1. The Hall–Kier alpha value is -1.84. The van der Waals surface area contributed by atoms with Crippen molar-refractivity contribution in [1.82, 2.24) is 4.90 Å². The molecule has 0 bridgehead atoms. The van der Waals surface area contributed by atoms with Gasteiger partial charge >= 0.3 is 0 Å². The Morgan fingerprint density at radius 2 is 1.55 bits per heavy atom. The highest BCUT2D eigenvalue weighted by atomic mass is 16.5. The second kappa shape index (κ2) is 7.43. The number of hydrogen-bond donors (Lipinski definition) is 1. The van der Waals surface area contributed by atoms with E-state index in [-0.39, 0.29) is 6.10 Å². The minimum Gasteiger partial charge on any atom is -0.457 e. The van der Waals surface area contributed by atoms with Gasteiger partial charge < -0.3 is 14.7 Å². The summed E-state index contributed by atoms with van der Waals surface area (Å²) in [6, 6.07) is 18.2. The molecule has 22 heavy (non-hydrogen) atoms. The third-order valence-corrected chi connectivity index (χ3v) is 4.18. The lowest BCUT2D eigenvalue weighted by Gasteiger charge is -2.29. The van der Waals surface area contributed by atoms with Crippen LogP contribution in [0.1, 0.15) is 18.4 Å². The van der Waals surface area contributed by atoms with E-state index in [2.05, 4.69) is 17.0 Å². The van der Waals surface area contributed by atoms with Gasteiger partial charge in [-0.2, -0.15) is 0 Å². The van der Waals surface area contributed by atoms with Crippen LogP contribution in [0.5, 0.6) is 11.5 Å². The van der Waals surface area contributed by atoms with Gasteiger partial charge in [0.15, 0.2) is 0 Å². The van der Waals surface area contributed by atoms with Crippen molar-refractivity contribution in [3.63, 3.8) is 0 Å². The van der Waals surface area contributed by atoms with Crippen molar-refractivity contribution < 1.29 is 9.84 Å². The Kier molecular flexibility index (Phi) is 5.09. The third kappa shape index (κ3) is 4.33. The van der Waals surface area contributed by atoms with Crippen LogP contribution in [-0.2, 0) is 6.42 Å². The van der Waals surface area contributed by atoms with E-state index in [1.165, 1.54) is 5.56 Å². The van der Waals surface area contributed by atoms with Crippen molar-refractivity contribution in [3.05, 3.63) is 60.2 Å². The fourth-order valence-corrected chi connectivity index (χ4v) is 2.78. The van der Waals surface area contributed by atoms with Crippen LogP contribution in [0.15, 0.2) is 54.6 Å². The molecule has 116 valence electrons. The molecule has 1 fully saturated rings. The average Bonchev–Trinajstić information content (AvgIpc) is 2.57. The van der Waals surface area contributed by atoms with Crippen molar-refractivity contribution in [2.24, 2.45) is 0 Å². The molecule has 3 heteroatoms. The van der Waals surface area contributed by atoms with Crippen molar-refractivity contribution in [2.45, 2.75) is 25.4 Å². The van der Waals surface area contributed by atoms with Crippen LogP contribution in [0.25, 0.3) is 0 Å².